The summed E-state index contributed by atoms with van der Waals surface area (Å²) in [5.41, 5.74) is 2.10. The van der Waals surface area contributed by atoms with Crippen LogP contribution in [-0.2, 0) is 20.9 Å². The van der Waals surface area contributed by atoms with Crippen molar-refractivity contribution in [2.75, 3.05) is 40.0 Å². The van der Waals surface area contributed by atoms with Gasteiger partial charge in [0.25, 0.3) is 5.91 Å². The SMILES string of the molecule is COc1cc(C(=O)OCc2ccc(-n3cccn3)cc2)ccc1OCC(=O)N1CCOCC1. The number of ether oxygens (including phenoxy) is 4. The van der Waals surface area contributed by atoms with Gasteiger partial charge in [-0.15, -0.1) is 0 Å². The molecule has 2 heterocycles. The fourth-order valence-corrected chi connectivity index (χ4v) is 3.36. The molecule has 3 aromatic rings. The van der Waals surface area contributed by atoms with Crippen LogP contribution in [0.15, 0.2) is 60.9 Å². The summed E-state index contributed by atoms with van der Waals surface area (Å²) >= 11 is 0. The molecule has 1 saturated heterocycles. The third-order valence-electron chi connectivity index (χ3n) is 5.19. The third kappa shape index (κ3) is 5.69. The largest absolute Gasteiger partial charge is 0.493 e. The van der Waals surface area contributed by atoms with Crippen LogP contribution < -0.4 is 9.47 Å². The second-order valence-corrected chi connectivity index (χ2v) is 7.34. The minimum atomic E-state index is -0.486. The first-order valence-electron chi connectivity index (χ1n) is 10.6. The number of carbonyl (C=O) groups excluding carboxylic acids is 2. The van der Waals surface area contributed by atoms with Gasteiger partial charge >= 0.3 is 5.97 Å². The maximum Gasteiger partial charge on any atom is 0.338 e. The monoisotopic (exact) mass is 451 g/mol. The van der Waals surface area contributed by atoms with Gasteiger partial charge in [0.2, 0.25) is 0 Å². The van der Waals surface area contributed by atoms with Crippen molar-refractivity contribution in [1.29, 1.82) is 0 Å². The zero-order valence-electron chi connectivity index (χ0n) is 18.3. The van der Waals surface area contributed by atoms with E-state index in [1.807, 2.05) is 36.5 Å². The molecule has 1 fully saturated rings. The molecule has 33 heavy (non-hydrogen) atoms. The maximum absolute atomic E-state index is 12.5. The van der Waals surface area contributed by atoms with Crippen molar-refractivity contribution in [3.8, 4) is 17.2 Å². The normalized spacial score (nSPS) is 13.4. The van der Waals surface area contributed by atoms with E-state index in [1.165, 1.54) is 13.2 Å². The number of benzene rings is 2. The van der Waals surface area contributed by atoms with Gasteiger partial charge in [0.05, 0.1) is 31.6 Å². The first-order chi connectivity index (χ1) is 16.1. The number of methoxy groups -OCH3 is 1. The molecule has 4 rings (SSSR count). The molecule has 0 radical (unpaired) electrons. The van der Waals surface area contributed by atoms with Crippen LogP contribution in [-0.4, -0.2) is 66.6 Å². The van der Waals surface area contributed by atoms with Crippen molar-refractivity contribution in [3.05, 3.63) is 72.1 Å². The van der Waals surface area contributed by atoms with E-state index in [0.29, 0.717) is 43.4 Å². The molecule has 0 aliphatic carbocycles. The van der Waals surface area contributed by atoms with Crippen molar-refractivity contribution in [2.45, 2.75) is 6.61 Å². The molecule has 9 heteroatoms. The lowest BCUT2D eigenvalue weighted by molar-refractivity contribution is -0.137. The van der Waals surface area contributed by atoms with Crippen LogP contribution in [0.5, 0.6) is 11.5 Å². The van der Waals surface area contributed by atoms with E-state index in [0.717, 1.165) is 11.3 Å². The Morgan fingerprint density at radius 2 is 1.85 bits per heavy atom. The van der Waals surface area contributed by atoms with Crippen molar-refractivity contribution >= 4 is 11.9 Å². The lowest BCUT2D eigenvalue weighted by atomic mass is 10.2. The van der Waals surface area contributed by atoms with E-state index < -0.39 is 5.97 Å². The van der Waals surface area contributed by atoms with Gasteiger partial charge < -0.3 is 23.8 Å². The van der Waals surface area contributed by atoms with Crippen molar-refractivity contribution in [3.63, 3.8) is 0 Å². The summed E-state index contributed by atoms with van der Waals surface area (Å²) in [6.07, 6.45) is 3.57. The summed E-state index contributed by atoms with van der Waals surface area (Å²) in [7, 11) is 1.47. The minimum absolute atomic E-state index is 0.116. The Morgan fingerprint density at radius 3 is 2.55 bits per heavy atom. The highest BCUT2D eigenvalue weighted by atomic mass is 16.5. The number of rotatable bonds is 8. The second kappa shape index (κ2) is 10.6. The van der Waals surface area contributed by atoms with E-state index in [1.54, 1.807) is 27.9 Å². The van der Waals surface area contributed by atoms with Crippen LogP contribution in [0.4, 0.5) is 0 Å². The Labute approximate surface area is 191 Å². The minimum Gasteiger partial charge on any atom is -0.493 e. The zero-order valence-corrected chi connectivity index (χ0v) is 18.3. The van der Waals surface area contributed by atoms with Gasteiger partial charge in [-0.1, -0.05) is 12.1 Å². The molecular formula is C24H25N3O6. The lowest BCUT2D eigenvalue weighted by Crippen LogP contribution is -2.43. The maximum atomic E-state index is 12.5. The summed E-state index contributed by atoms with van der Waals surface area (Å²) in [6.45, 7) is 2.17. The molecule has 172 valence electrons. The van der Waals surface area contributed by atoms with Crippen LogP contribution in [0.25, 0.3) is 5.69 Å². The fraction of sp³-hybridized carbons (Fsp3) is 0.292. The zero-order chi connectivity index (χ0) is 23.0. The first-order valence-corrected chi connectivity index (χ1v) is 10.6. The number of hydrogen-bond acceptors (Lipinski definition) is 7. The molecule has 0 unspecified atom stereocenters. The Kier molecular flexibility index (Phi) is 7.21. The smallest absolute Gasteiger partial charge is 0.338 e. The lowest BCUT2D eigenvalue weighted by Gasteiger charge is -2.26. The fourth-order valence-electron chi connectivity index (χ4n) is 3.36. The molecule has 1 amide bonds. The highest BCUT2D eigenvalue weighted by Gasteiger charge is 2.19. The molecule has 1 aliphatic rings. The predicted molar refractivity (Wildman–Crippen MR) is 119 cm³/mol. The topological polar surface area (TPSA) is 92.1 Å². The number of hydrogen-bond donors (Lipinski definition) is 0. The van der Waals surface area contributed by atoms with Crippen LogP contribution in [0.2, 0.25) is 0 Å². The van der Waals surface area contributed by atoms with Crippen molar-refractivity contribution in [1.82, 2.24) is 14.7 Å². The average molecular weight is 451 g/mol. The number of aromatic nitrogens is 2. The van der Waals surface area contributed by atoms with Crippen LogP contribution in [0, 0.1) is 0 Å². The highest BCUT2D eigenvalue weighted by molar-refractivity contribution is 5.90. The van der Waals surface area contributed by atoms with E-state index in [4.69, 9.17) is 18.9 Å². The van der Waals surface area contributed by atoms with Crippen molar-refractivity contribution < 1.29 is 28.5 Å². The molecule has 0 spiro atoms. The van der Waals surface area contributed by atoms with Crippen LogP contribution in [0.3, 0.4) is 0 Å². The van der Waals surface area contributed by atoms with E-state index in [9.17, 15) is 9.59 Å². The number of nitrogens with zero attached hydrogens (tertiary/aromatic N) is 3. The van der Waals surface area contributed by atoms with Gasteiger partial charge in [0, 0.05) is 25.5 Å². The number of esters is 1. The Hall–Kier alpha value is -3.85. The second-order valence-electron chi connectivity index (χ2n) is 7.34. The number of carbonyl (C=O) groups is 2. The third-order valence-corrected chi connectivity index (χ3v) is 5.19. The molecular weight excluding hydrogens is 426 g/mol. The predicted octanol–water partition coefficient (Wildman–Crippen LogP) is 2.48. The summed E-state index contributed by atoms with van der Waals surface area (Å²) in [5.74, 6) is 0.121. The number of morpholine rings is 1. The molecule has 0 saturated carbocycles. The number of amides is 1. The first kappa shape index (κ1) is 22.3. The average Bonchev–Trinajstić information content (AvgIpc) is 3.41. The summed E-state index contributed by atoms with van der Waals surface area (Å²) in [4.78, 5) is 26.5. The van der Waals surface area contributed by atoms with Crippen LogP contribution in [0.1, 0.15) is 15.9 Å². The summed E-state index contributed by atoms with van der Waals surface area (Å²) < 4.78 is 23.4. The van der Waals surface area contributed by atoms with Crippen molar-refractivity contribution in [2.24, 2.45) is 0 Å². The van der Waals surface area contributed by atoms with Gasteiger partial charge in [-0.3, -0.25) is 4.79 Å². The van der Waals surface area contributed by atoms with Gasteiger partial charge in [0.15, 0.2) is 18.1 Å². The van der Waals surface area contributed by atoms with Gasteiger partial charge in [-0.2, -0.15) is 5.10 Å². The molecule has 0 atom stereocenters. The Morgan fingerprint density at radius 1 is 1.06 bits per heavy atom. The molecule has 1 aromatic heterocycles. The van der Waals surface area contributed by atoms with E-state index >= 15 is 0 Å². The standard InChI is InChI=1S/C24H25N3O6/c1-30-22-15-19(5-8-21(22)32-17-23(28)26-11-13-31-14-12-26)24(29)33-16-18-3-6-20(7-4-18)27-10-2-9-25-27/h2-10,15H,11-14,16-17H2,1H3. The van der Waals surface area contributed by atoms with Gasteiger partial charge in [-0.05, 0) is 42.0 Å². The summed E-state index contributed by atoms with van der Waals surface area (Å²) in [5, 5.41) is 4.18. The molecule has 0 bridgehead atoms. The highest BCUT2D eigenvalue weighted by Crippen LogP contribution is 2.28. The molecule has 0 N–H and O–H groups in total. The molecule has 2 aromatic carbocycles. The van der Waals surface area contributed by atoms with Crippen LogP contribution >= 0.6 is 0 Å². The summed E-state index contributed by atoms with van der Waals surface area (Å²) in [6, 6.07) is 14.1. The Balaban J connectivity index is 1.32. The quantitative estimate of drug-likeness (QED) is 0.486. The molecule has 1 aliphatic heterocycles. The van der Waals surface area contributed by atoms with Gasteiger partial charge in [-0.25, -0.2) is 9.48 Å². The Bertz CT molecular complexity index is 1080. The molecule has 9 nitrogen and oxygen atoms in total. The van der Waals surface area contributed by atoms with E-state index in [2.05, 4.69) is 5.10 Å². The van der Waals surface area contributed by atoms with E-state index in [-0.39, 0.29) is 19.1 Å². The van der Waals surface area contributed by atoms with Gasteiger partial charge in [0.1, 0.15) is 6.61 Å².